The van der Waals surface area contributed by atoms with Crippen LogP contribution in [-0.4, -0.2) is 70.0 Å². The number of para-hydroxylation sites is 1. The fraction of sp³-hybridized carbons (Fsp3) is 0.250. The topological polar surface area (TPSA) is 96.0 Å². The molecule has 3 rings (SSSR count). The number of carbonyl (C=O) groups excluding carboxylic acids is 2. The maximum Gasteiger partial charge on any atom is 0.247 e. The number of anilines is 4. The lowest BCUT2D eigenvalue weighted by Crippen LogP contribution is -2.29. The molecular formula is C28H33N5O4. The van der Waals surface area contributed by atoms with Crippen molar-refractivity contribution in [2.75, 3.05) is 64.0 Å². The number of hydrogen-bond donors (Lipinski definition) is 2. The molecule has 0 atom stereocenters. The van der Waals surface area contributed by atoms with Crippen LogP contribution in [0, 0.1) is 0 Å². The number of likely N-dealkylation sites (N-methyl/N-ethyl adjacent to an activating group) is 2. The van der Waals surface area contributed by atoms with Gasteiger partial charge in [0.05, 0.1) is 36.8 Å². The Balaban J connectivity index is 1.97. The smallest absolute Gasteiger partial charge is 0.247 e. The number of benzene rings is 2. The molecule has 194 valence electrons. The van der Waals surface area contributed by atoms with Gasteiger partial charge >= 0.3 is 0 Å². The molecule has 3 aromatic rings. The van der Waals surface area contributed by atoms with Crippen molar-refractivity contribution in [1.29, 1.82) is 0 Å². The van der Waals surface area contributed by atoms with Crippen LogP contribution in [0.3, 0.4) is 0 Å². The van der Waals surface area contributed by atoms with Crippen molar-refractivity contribution < 1.29 is 19.1 Å². The molecular weight excluding hydrogens is 470 g/mol. The molecule has 2 N–H and O–H groups in total. The van der Waals surface area contributed by atoms with E-state index in [1.54, 1.807) is 49.7 Å². The summed E-state index contributed by atoms with van der Waals surface area (Å²) in [7, 11) is 9.05. The summed E-state index contributed by atoms with van der Waals surface area (Å²) in [5.41, 5.74) is 2.84. The highest BCUT2D eigenvalue weighted by Gasteiger charge is 2.18. The average molecular weight is 504 g/mol. The van der Waals surface area contributed by atoms with E-state index in [2.05, 4.69) is 27.1 Å². The Bertz CT molecular complexity index is 1280. The van der Waals surface area contributed by atoms with E-state index >= 15 is 0 Å². The monoisotopic (exact) mass is 503 g/mol. The van der Waals surface area contributed by atoms with Crippen molar-refractivity contribution in [3.63, 3.8) is 0 Å². The third kappa shape index (κ3) is 6.86. The fourth-order valence-corrected chi connectivity index (χ4v) is 3.67. The van der Waals surface area contributed by atoms with Crippen LogP contribution in [0.4, 0.5) is 22.9 Å². The summed E-state index contributed by atoms with van der Waals surface area (Å²) < 4.78 is 11.0. The molecule has 0 spiro atoms. The summed E-state index contributed by atoms with van der Waals surface area (Å²) >= 11 is 0. The Morgan fingerprint density at radius 2 is 1.70 bits per heavy atom. The van der Waals surface area contributed by atoms with Crippen molar-refractivity contribution in [2.24, 2.45) is 0 Å². The van der Waals surface area contributed by atoms with E-state index in [9.17, 15) is 9.59 Å². The quantitative estimate of drug-likeness (QED) is 0.281. The molecule has 1 heterocycles. The van der Waals surface area contributed by atoms with Gasteiger partial charge in [0.25, 0.3) is 0 Å². The van der Waals surface area contributed by atoms with Gasteiger partial charge in [0, 0.05) is 38.0 Å². The average Bonchev–Trinajstić information content (AvgIpc) is 2.91. The minimum atomic E-state index is -0.332. The Labute approximate surface area is 217 Å². The van der Waals surface area contributed by atoms with Crippen LogP contribution in [-0.2, 0) is 4.79 Å². The molecule has 0 aliphatic carbocycles. The molecule has 9 nitrogen and oxygen atoms in total. The van der Waals surface area contributed by atoms with Gasteiger partial charge in [0.15, 0.2) is 5.78 Å². The third-order valence-electron chi connectivity index (χ3n) is 5.69. The van der Waals surface area contributed by atoms with Crippen molar-refractivity contribution in [3.8, 4) is 11.5 Å². The molecule has 0 unspecified atom stereocenters. The van der Waals surface area contributed by atoms with Gasteiger partial charge in [0.1, 0.15) is 17.3 Å². The second kappa shape index (κ2) is 12.5. The molecule has 2 aromatic carbocycles. The van der Waals surface area contributed by atoms with E-state index in [4.69, 9.17) is 9.47 Å². The fourth-order valence-electron chi connectivity index (χ4n) is 3.67. The van der Waals surface area contributed by atoms with Gasteiger partial charge in [-0.2, -0.15) is 0 Å². The number of nitrogens with one attached hydrogen (secondary N) is 2. The summed E-state index contributed by atoms with van der Waals surface area (Å²) in [6.45, 7) is 5.11. The molecule has 1 amide bonds. The van der Waals surface area contributed by atoms with Gasteiger partial charge < -0.3 is 29.9 Å². The third-order valence-corrected chi connectivity index (χ3v) is 5.69. The highest BCUT2D eigenvalue weighted by molar-refractivity contribution is 6.11. The van der Waals surface area contributed by atoms with Gasteiger partial charge in [0.2, 0.25) is 5.91 Å². The number of rotatable bonds is 12. The molecule has 37 heavy (non-hydrogen) atoms. The minimum Gasteiger partial charge on any atom is -0.496 e. The Hall–Kier alpha value is -4.37. The summed E-state index contributed by atoms with van der Waals surface area (Å²) in [4.78, 5) is 33.8. The van der Waals surface area contributed by atoms with E-state index in [0.29, 0.717) is 39.8 Å². The SMILES string of the molecule is C=CC(=O)Nc1cc(Nc2cc(C(=O)c3ccccc3OC)ccn2)c(OC)cc1N(C)CCN(C)C. The van der Waals surface area contributed by atoms with Gasteiger partial charge in [-0.15, -0.1) is 0 Å². The van der Waals surface area contributed by atoms with Crippen molar-refractivity contribution >= 4 is 34.6 Å². The standard InChI is InChI=1S/C28H33N5O4/c1-7-27(34)31-21-17-22(25(37-6)18-23(21)33(4)15-14-32(2)3)30-26-16-19(12-13-29-26)28(35)20-10-8-9-11-24(20)36-5/h7-13,16-18H,1,14-15H2,2-6H3,(H,29,30)(H,31,34). The first-order valence-electron chi connectivity index (χ1n) is 11.7. The number of ketones is 1. The molecule has 0 aliphatic heterocycles. The predicted octanol–water partition coefficient (Wildman–Crippen LogP) is 4.20. The number of pyridine rings is 1. The summed E-state index contributed by atoms with van der Waals surface area (Å²) in [6, 6.07) is 14.0. The Morgan fingerprint density at radius 3 is 2.38 bits per heavy atom. The number of nitrogens with zero attached hydrogens (tertiary/aromatic N) is 3. The summed E-state index contributed by atoms with van der Waals surface area (Å²) in [5, 5.41) is 6.10. The second-order valence-electron chi connectivity index (χ2n) is 8.57. The van der Waals surface area contributed by atoms with Crippen molar-refractivity contribution in [1.82, 2.24) is 9.88 Å². The second-order valence-corrected chi connectivity index (χ2v) is 8.57. The Morgan fingerprint density at radius 1 is 0.973 bits per heavy atom. The van der Waals surface area contributed by atoms with Crippen LogP contribution in [0.25, 0.3) is 0 Å². The van der Waals surface area contributed by atoms with Gasteiger partial charge in [-0.1, -0.05) is 18.7 Å². The van der Waals surface area contributed by atoms with Crippen molar-refractivity contribution in [2.45, 2.75) is 0 Å². The zero-order valence-electron chi connectivity index (χ0n) is 21.9. The van der Waals surface area contributed by atoms with Gasteiger partial charge in [-0.25, -0.2) is 4.98 Å². The molecule has 1 aromatic heterocycles. The van der Waals surface area contributed by atoms with Crippen LogP contribution >= 0.6 is 0 Å². The first kappa shape index (κ1) is 27.2. The molecule has 0 saturated carbocycles. The maximum atomic E-state index is 13.2. The molecule has 0 radical (unpaired) electrons. The highest BCUT2D eigenvalue weighted by Crippen LogP contribution is 2.38. The van der Waals surface area contributed by atoms with Gasteiger partial charge in [-0.3, -0.25) is 9.59 Å². The largest absolute Gasteiger partial charge is 0.496 e. The van der Waals surface area contributed by atoms with E-state index < -0.39 is 0 Å². The number of carbonyl (C=O) groups is 2. The van der Waals surface area contributed by atoms with E-state index in [1.807, 2.05) is 38.2 Å². The molecule has 0 aliphatic rings. The van der Waals surface area contributed by atoms with E-state index in [1.165, 1.54) is 13.2 Å². The predicted molar refractivity (Wildman–Crippen MR) is 148 cm³/mol. The minimum absolute atomic E-state index is 0.188. The lowest BCUT2D eigenvalue weighted by Gasteiger charge is -2.26. The zero-order valence-corrected chi connectivity index (χ0v) is 21.9. The number of hydrogen-bond acceptors (Lipinski definition) is 8. The molecule has 0 fully saturated rings. The van der Waals surface area contributed by atoms with Gasteiger partial charge in [-0.05, 0) is 50.5 Å². The lowest BCUT2D eigenvalue weighted by molar-refractivity contribution is -0.111. The lowest BCUT2D eigenvalue weighted by atomic mass is 10.0. The molecule has 9 heteroatoms. The van der Waals surface area contributed by atoms with Crippen LogP contribution in [0.15, 0.2) is 67.4 Å². The van der Waals surface area contributed by atoms with E-state index in [-0.39, 0.29) is 11.7 Å². The first-order chi connectivity index (χ1) is 17.8. The molecule has 0 bridgehead atoms. The number of aromatic nitrogens is 1. The van der Waals surface area contributed by atoms with Crippen LogP contribution in [0.1, 0.15) is 15.9 Å². The Kier molecular flexibility index (Phi) is 9.23. The highest BCUT2D eigenvalue weighted by atomic mass is 16.5. The first-order valence-corrected chi connectivity index (χ1v) is 11.7. The van der Waals surface area contributed by atoms with Crippen LogP contribution < -0.4 is 25.0 Å². The summed E-state index contributed by atoms with van der Waals surface area (Å²) in [5.74, 6) is 0.963. The maximum absolute atomic E-state index is 13.2. The number of methoxy groups -OCH3 is 2. The van der Waals surface area contributed by atoms with E-state index in [0.717, 1.165) is 18.8 Å². The number of ether oxygens (including phenoxy) is 2. The zero-order chi connectivity index (χ0) is 26.9. The number of amides is 1. The normalized spacial score (nSPS) is 10.5. The van der Waals surface area contributed by atoms with Crippen LogP contribution in [0.5, 0.6) is 11.5 Å². The molecule has 0 saturated heterocycles. The van der Waals surface area contributed by atoms with Crippen LogP contribution in [0.2, 0.25) is 0 Å². The van der Waals surface area contributed by atoms with Crippen molar-refractivity contribution in [3.05, 3.63) is 78.5 Å². The summed E-state index contributed by atoms with van der Waals surface area (Å²) in [6.07, 6.45) is 2.77.